The fourth-order valence-electron chi connectivity index (χ4n) is 0.284. The number of hydrogen-bond donors (Lipinski definition) is 1. The van der Waals surface area contributed by atoms with Crippen LogP contribution in [0.1, 0.15) is 13.8 Å². The second-order valence-electron chi connectivity index (χ2n) is 1.89. The van der Waals surface area contributed by atoms with Gasteiger partial charge in [0.2, 0.25) is 5.24 Å². The van der Waals surface area contributed by atoms with Gasteiger partial charge in [-0.1, -0.05) is 13.8 Å². The van der Waals surface area contributed by atoms with Gasteiger partial charge in [0, 0.05) is 6.04 Å². The molecule has 0 aromatic rings. The van der Waals surface area contributed by atoms with Crippen LogP contribution in [0.3, 0.4) is 0 Å². The molecule has 0 aromatic heterocycles. The van der Waals surface area contributed by atoms with Crippen molar-refractivity contribution in [3.63, 3.8) is 0 Å². The average molecular weight is 136 g/mol. The molecule has 0 heterocycles. The Morgan fingerprint density at radius 2 is 2.25 bits per heavy atom. The Hall–Kier alpha value is -0.0800. The maximum atomic E-state index is 10.1. The lowest BCUT2D eigenvalue weighted by atomic mass is 10.4. The van der Waals surface area contributed by atoms with Crippen LogP contribution in [-0.4, -0.2) is 17.8 Å². The van der Waals surface area contributed by atoms with Gasteiger partial charge in [-0.05, 0) is 11.6 Å². The van der Waals surface area contributed by atoms with E-state index in [1.54, 1.807) is 0 Å². The summed E-state index contributed by atoms with van der Waals surface area (Å²) in [6, 6.07) is 0.331. The molecule has 1 N–H and O–H groups in total. The Morgan fingerprint density at radius 3 is 2.38 bits per heavy atom. The zero-order chi connectivity index (χ0) is 6.57. The van der Waals surface area contributed by atoms with Crippen molar-refractivity contribution in [1.82, 2.24) is 5.32 Å². The Balaban J connectivity index is 3.05. The Kier molecular flexibility index (Phi) is 3.83. The van der Waals surface area contributed by atoms with Crippen LogP contribution in [0.4, 0.5) is 0 Å². The molecule has 48 valence electrons. The van der Waals surface area contributed by atoms with Gasteiger partial charge < -0.3 is 5.32 Å². The number of hydrogen-bond acceptors (Lipinski definition) is 2. The lowest BCUT2D eigenvalue weighted by Crippen LogP contribution is -2.26. The van der Waals surface area contributed by atoms with E-state index < -0.39 is 0 Å². The highest BCUT2D eigenvalue weighted by atomic mass is 35.5. The molecule has 0 saturated carbocycles. The first-order chi connectivity index (χ1) is 3.63. The molecule has 0 atom stereocenters. The summed E-state index contributed by atoms with van der Waals surface area (Å²) in [6.45, 7) is 4.18. The summed E-state index contributed by atoms with van der Waals surface area (Å²) in [6.07, 6.45) is 0. The van der Waals surface area contributed by atoms with E-state index in [1.165, 1.54) is 0 Å². The van der Waals surface area contributed by atoms with Crippen molar-refractivity contribution >= 4 is 16.8 Å². The number of nitrogens with one attached hydrogen (secondary N) is 1. The minimum absolute atomic E-state index is 0.263. The zero-order valence-electron chi connectivity index (χ0n) is 5.07. The maximum Gasteiger partial charge on any atom is 0.235 e. The summed E-state index contributed by atoms with van der Waals surface area (Å²) in [5.74, 6) is 0. The van der Waals surface area contributed by atoms with Crippen molar-refractivity contribution < 1.29 is 4.79 Å². The third kappa shape index (κ3) is 5.92. The van der Waals surface area contributed by atoms with Gasteiger partial charge in [0.15, 0.2) is 0 Å². The van der Waals surface area contributed by atoms with Crippen LogP contribution >= 0.6 is 11.6 Å². The third-order valence-corrected chi connectivity index (χ3v) is 0.783. The minimum atomic E-state index is -0.335. The second kappa shape index (κ2) is 3.87. The molecule has 0 bridgehead atoms. The van der Waals surface area contributed by atoms with E-state index >= 15 is 0 Å². The zero-order valence-corrected chi connectivity index (χ0v) is 5.83. The molecule has 3 heteroatoms. The van der Waals surface area contributed by atoms with Gasteiger partial charge in [0.05, 0.1) is 6.54 Å². The molecule has 0 fully saturated rings. The van der Waals surface area contributed by atoms with Crippen LogP contribution in [0.15, 0.2) is 0 Å². The third-order valence-electron chi connectivity index (χ3n) is 0.649. The molecule has 0 radical (unpaired) electrons. The lowest BCUT2D eigenvalue weighted by Gasteiger charge is -2.02. The van der Waals surface area contributed by atoms with E-state index in [1.807, 2.05) is 13.8 Å². The number of rotatable bonds is 3. The van der Waals surface area contributed by atoms with Crippen molar-refractivity contribution in [2.45, 2.75) is 19.9 Å². The quantitative estimate of drug-likeness (QED) is 0.579. The van der Waals surface area contributed by atoms with Crippen molar-refractivity contribution in [3.05, 3.63) is 0 Å². The van der Waals surface area contributed by atoms with E-state index in [-0.39, 0.29) is 11.8 Å². The molecule has 0 spiro atoms. The molecule has 8 heavy (non-hydrogen) atoms. The smallest absolute Gasteiger partial charge is 0.235 e. The van der Waals surface area contributed by atoms with Gasteiger partial charge in [0.25, 0.3) is 0 Å². The molecule has 0 saturated heterocycles. The van der Waals surface area contributed by atoms with Crippen LogP contribution in [0.5, 0.6) is 0 Å². The van der Waals surface area contributed by atoms with Gasteiger partial charge in [-0.2, -0.15) is 0 Å². The van der Waals surface area contributed by atoms with Crippen LogP contribution in [0, 0.1) is 0 Å². The average Bonchev–Trinajstić information content (AvgIpc) is 1.61. The molecule has 0 amide bonds. The van der Waals surface area contributed by atoms with Crippen LogP contribution in [-0.2, 0) is 4.79 Å². The molecule has 0 rings (SSSR count). The summed E-state index contributed by atoms with van der Waals surface area (Å²) >= 11 is 5.02. The molecular weight excluding hydrogens is 126 g/mol. The first-order valence-electron chi connectivity index (χ1n) is 2.54. The maximum absolute atomic E-state index is 10.1. The van der Waals surface area contributed by atoms with Gasteiger partial charge in [-0.15, -0.1) is 0 Å². The molecule has 0 aliphatic carbocycles. The monoisotopic (exact) mass is 135 g/mol. The summed E-state index contributed by atoms with van der Waals surface area (Å²) < 4.78 is 0. The SMILES string of the molecule is CC(C)NCC(=O)Cl. The molecule has 0 aromatic carbocycles. The van der Waals surface area contributed by atoms with E-state index in [2.05, 4.69) is 5.32 Å². The standard InChI is InChI=1S/C5H10ClNO/c1-4(2)7-3-5(6)8/h4,7H,3H2,1-2H3. The Labute approximate surface area is 54.2 Å². The van der Waals surface area contributed by atoms with E-state index in [0.717, 1.165) is 0 Å². The van der Waals surface area contributed by atoms with E-state index in [9.17, 15) is 4.79 Å². The molecule has 0 aliphatic rings. The number of carbonyl (C=O) groups is 1. The Morgan fingerprint density at radius 1 is 1.75 bits per heavy atom. The highest BCUT2D eigenvalue weighted by Crippen LogP contribution is 1.78. The van der Waals surface area contributed by atoms with Gasteiger partial charge in [0.1, 0.15) is 0 Å². The summed E-state index contributed by atoms with van der Waals surface area (Å²) in [5.41, 5.74) is 0. The molecular formula is C5H10ClNO. The predicted molar refractivity (Wildman–Crippen MR) is 34.0 cm³/mol. The largest absolute Gasteiger partial charge is 0.307 e. The van der Waals surface area contributed by atoms with Gasteiger partial charge in [-0.25, -0.2) is 0 Å². The van der Waals surface area contributed by atoms with E-state index in [0.29, 0.717) is 6.04 Å². The van der Waals surface area contributed by atoms with Crippen LogP contribution < -0.4 is 5.32 Å². The number of carbonyl (C=O) groups excluding carboxylic acids is 1. The van der Waals surface area contributed by atoms with Crippen molar-refractivity contribution in [2.24, 2.45) is 0 Å². The molecule has 2 nitrogen and oxygen atoms in total. The second-order valence-corrected chi connectivity index (χ2v) is 2.31. The first-order valence-corrected chi connectivity index (χ1v) is 2.92. The van der Waals surface area contributed by atoms with Gasteiger partial charge >= 0.3 is 0 Å². The highest BCUT2D eigenvalue weighted by Gasteiger charge is 1.95. The van der Waals surface area contributed by atoms with E-state index in [4.69, 9.17) is 11.6 Å². The van der Waals surface area contributed by atoms with Crippen molar-refractivity contribution in [1.29, 1.82) is 0 Å². The van der Waals surface area contributed by atoms with Crippen LogP contribution in [0.2, 0.25) is 0 Å². The predicted octanol–water partition coefficient (Wildman–Crippen LogP) is 0.750. The number of halogens is 1. The first kappa shape index (κ1) is 7.92. The summed E-state index contributed by atoms with van der Waals surface area (Å²) in [5, 5.41) is 2.53. The molecule has 0 aliphatic heterocycles. The van der Waals surface area contributed by atoms with Crippen LogP contribution in [0.25, 0.3) is 0 Å². The summed E-state index contributed by atoms with van der Waals surface area (Å²) in [4.78, 5) is 10.1. The fourth-order valence-corrected chi connectivity index (χ4v) is 0.362. The summed E-state index contributed by atoms with van der Waals surface area (Å²) in [7, 11) is 0. The van der Waals surface area contributed by atoms with Crippen molar-refractivity contribution in [3.8, 4) is 0 Å². The highest BCUT2D eigenvalue weighted by molar-refractivity contribution is 6.64. The van der Waals surface area contributed by atoms with Gasteiger partial charge in [-0.3, -0.25) is 4.79 Å². The topological polar surface area (TPSA) is 29.1 Å². The Bertz CT molecular complexity index is 82.5. The fraction of sp³-hybridized carbons (Fsp3) is 0.800. The lowest BCUT2D eigenvalue weighted by molar-refractivity contribution is -0.111. The molecule has 0 unspecified atom stereocenters. The normalized spacial score (nSPS) is 10.0. The van der Waals surface area contributed by atoms with Crippen molar-refractivity contribution in [2.75, 3.05) is 6.54 Å². The minimum Gasteiger partial charge on any atom is -0.307 e.